The third-order valence-electron chi connectivity index (χ3n) is 4.87. The zero-order valence-electron chi connectivity index (χ0n) is 15.0. The molecule has 0 fully saturated rings. The van der Waals surface area contributed by atoms with Crippen molar-refractivity contribution in [3.8, 4) is 11.6 Å². The molecule has 5 nitrogen and oxygen atoms in total. The zero-order valence-corrected chi connectivity index (χ0v) is 15.0. The minimum Gasteiger partial charge on any atom is -0.461 e. The smallest absolute Gasteiger partial charge is 0.256 e. The molecule has 5 heteroatoms. The third-order valence-corrected chi connectivity index (χ3v) is 4.87. The Hall–Kier alpha value is -2.66. The van der Waals surface area contributed by atoms with Crippen molar-refractivity contribution in [2.75, 3.05) is 6.54 Å². The monoisotopic (exact) mass is 349 g/mol. The van der Waals surface area contributed by atoms with Crippen LogP contribution in [0, 0.1) is 0 Å². The average Bonchev–Trinajstić information content (AvgIpc) is 3.19. The second kappa shape index (κ2) is 7.30. The lowest BCUT2D eigenvalue weighted by Crippen LogP contribution is -2.35. The molecule has 0 radical (unpaired) electrons. The van der Waals surface area contributed by atoms with Gasteiger partial charge < -0.3 is 9.40 Å². The van der Waals surface area contributed by atoms with Crippen molar-refractivity contribution >= 4 is 0 Å². The number of aromatic nitrogens is 2. The van der Waals surface area contributed by atoms with Crippen LogP contribution in [-0.4, -0.2) is 21.4 Å². The van der Waals surface area contributed by atoms with Crippen molar-refractivity contribution in [3.05, 3.63) is 75.4 Å². The number of nitrogens with zero attached hydrogens (tertiary/aromatic N) is 2. The first-order chi connectivity index (χ1) is 12.7. The maximum Gasteiger partial charge on any atom is 0.256 e. The molecule has 0 unspecified atom stereocenters. The first-order valence-electron chi connectivity index (χ1n) is 9.19. The summed E-state index contributed by atoms with van der Waals surface area (Å²) < 4.78 is 5.35. The van der Waals surface area contributed by atoms with Gasteiger partial charge in [0.25, 0.3) is 5.56 Å². The van der Waals surface area contributed by atoms with E-state index in [4.69, 9.17) is 4.42 Å². The first-order valence-corrected chi connectivity index (χ1v) is 9.19. The normalized spacial score (nSPS) is 14.3. The maximum atomic E-state index is 12.5. The molecule has 1 aromatic carbocycles. The van der Waals surface area contributed by atoms with E-state index in [0.717, 1.165) is 43.6 Å². The number of furan rings is 1. The third kappa shape index (κ3) is 3.48. The van der Waals surface area contributed by atoms with E-state index in [0.29, 0.717) is 18.1 Å². The quantitative estimate of drug-likeness (QED) is 0.765. The van der Waals surface area contributed by atoms with E-state index < -0.39 is 0 Å². The van der Waals surface area contributed by atoms with Crippen molar-refractivity contribution in [2.24, 2.45) is 0 Å². The van der Waals surface area contributed by atoms with Crippen LogP contribution in [0.5, 0.6) is 0 Å². The summed E-state index contributed by atoms with van der Waals surface area (Å²) in [7, 11) is 0. The fraction of sp³-hybridized carbons (Fsp3) is 0.333. The van der Waals surface area contributed by atoms with Gasteiger partial charge in [-0.1, -0.05) is 37.6 Å². The molecule has 3 aromatic rings. The van der Waals surface area contributed by atoms with Gasteiger partial charge in [0.2, 0.25) is 0 Å². The molecule has 0 bridgehead atoms. The molecule has 1 aliphatic rings. The molecule has 26 heavy (non-hydrogen) atoms. The first kappa shape index (κ1) is 16.8. The minimum atomic E-state index is -0.0654. The van der Waals surface area contributed by atoms with Crippen molar-refractivity contribution < 1.29 is 4.42 Å². The van der Waals surface area contributed by atoms with Gasteiger partial charge in [-0.05, 0) is 29.7 Å². The van der Waals surface area contributed by atoms with Gasteiger partial charge in [0.15, 0.2) is 11.6 Å². The van der Waals surface area contributed by atoms with E-state index in [1.165, 1.54) is 11.1 Å². The van der Waals surface area contributed by atoms with Crippen LogP contribution in [0.25, 0.3) is 11.6 Å². The SMILES string of the molecule is CCCc1ccc(CN2CCc3nc(-c4ccco4)[nH]c(=O)c3C2)cc1. The Labute approximate surface area is 152 Å². The number of nitrogens with one attached hydrogen (secondary N) is 1. The molecular weight excluding hydrogens is 326 g/mol. The number of aromatic amines is 1. The Bertz CT molecular complexity index is 927. The molecule has 1 N–H and O–H groups in total. The van der Waals surface area contributed by atoms with Crippen LogP contribution in [0.3, 0.4) is 0 Å². The number of H-pyrrole nitrogens is 1. The molecule has 3 heterocycles. The summed E-state index contributed by atoms with van der Waals surface area (Å²) in [5, 5.41) is 0. The molecule has 4 rings (SSSR count). The van der Waals surface area contributed by atoms with Gasteiger partial charge in [-0.25, -0.2) is 4.98 Å². The second-order valence-corrected chi connectivity index (χ2v) is 6.84. The Morgan fingerprint density at radius 3 is 2.73 bits per heavy atom. The van der Waals surface area contributed by atoms with Crippen LogP contribution in [0.1, 0.15) is 35.7 Å². The summed E-state index contributed by atoms with van der Waals surface area (Å²) in [6.07, 6.45) is 4.65. The predicted octanol–water partition coefficient (Wildman–Crippen LogP) is 3.54. The van der Waals surface area contributed by atoms with Crippen LogP contribution >= 0.6 is 0 Å². The molecular formula is C21H23N3O2. The molecule has 0 atom stereocenters. The van der Waals surface area contributed by atoms with Crippen LogP contribution in [0.4, 0.5) is 0 Å². The van der Waals surface area contributed by atoms with Gasteiger partial charge in [0.1, 0.15) is 0 Å². The lowest BCUT2D eigenvalue weighted by atomic mass is 10.0. The number of benzene rings is 1. The topological polar surface area (TPSA) is 62.1 Å². The summed E-state index contributed by atoms with van der Waals surface area (Å²) in [6, 6.07) is 12.4. The second-order valence-electron chi connectivity index (χ2n) is 6.84. The van der Waals surface area contributed by atoms with Gasteiger partial charge in [-0.3, -0.25) is 9.69 Å². The molecule has 134 valence electrons. The van der Waals surface area contributed by atoms with Crippen LogP contribution in [-0.2, 0) is 25.9 Å². The molecule has 0 aliphatic carbocycles. The maximum absolute atomic E-state index is 12.5. The highest BCUT2D eigenvalue weighted by molar-refractivity contribution is 5.47. The van der Waals surface area contributed by atoms with Crippen molar-refractivity contribution in [2.45, 2.75) is 39.3 Å². The molecule has 0 saturated carbocycles. The van der Waals surface area contributed by atoms with Gasteiger partial charge in [0.05, 0.1) is 17.5 Å². The molecule has 0 saturated heterocycles. The van der Waals surface area contributed by atoms with Gasteiger partial charge in [0, 0.05) is 26.1 Å². The highest BCUT2D eigenvalue weighted by Crippen LogP contribution is 2.20. The lowest BCUT2D eigenvalue weighted by Gasteiger charge is -2.27. The van der Waals surface area contributed by atoms with E-state index in [2.05, 4.69) is 46.1 Å². The average molecular weight is 349 g/mol. The Balaban J connectivity index is 1.50. The van der Waals surface area contributed by atoms with Crippen LogP contribution in [0.2, 0.25) is 0 Å². The van der Waals surface area contributed by atoms with E-state index >= 15 is 0 Å². The predicted molar refractivity (Wildman–Crippen MR) is 101 cm³/mol. The van der Waals surface area contributed by atoms with E-state index in [-0.39, 0.29) is 5.56 Å². The van der Waals surface area contributed by atoms with Crippen molar-refractivity contribution in [1.29, 1.82) is 0 Å². The van der Waals surface area contributed by atoms with Gasteiger partial charge >= 0.3 is 0 Å². The Morgan fingerprint density at radius 2 is 2.00 bits per heavy atom. The van der Waals surface area contributed by atoms with Crippen molar-refractivity contribution in [3.63, 3.8) is 0 Å². The number of hydrogen-bond acceptors (Lipinski definition) is 4. The van der Waals surface area contributed by atoms with Crippen molar-refractivity contribution in [1.82, 2.24) is 14.9 Å². The summed E-state index contributed by atoms with van der Waals surface area (Å²) >= 11 is 0. The molecule has 0 amide bonds. The Morgan fingerprint density at radius 1 is 1.19 bits per heavy atom. The standard InChI is InChI=1S/C21H23N3O2/c1-2-4-15-6-8-16(9-7-15)13-24-11-10-18-17(14-24)21(25)23-20(22-18)19-5-3-12-26-19/h3,5-9,12H,2,4,10-11,13-14H2,1H3,(H,22,23,25). The Kier molecular flexibility index (Phi) is 4.71. The van der Waals surface area contributed by atoms with Crippen LogP contribution in [0.15, 0.2) is 51.9 Å². The zero-order chi connectivity index (χ0) is 17.9. The van der Waals surface area contributed by atoms with Gasteiger partial charge in [-0.15, -0.1) is 0 Å². The lowest BCUT2D eigenvalue weighted by molar-refractivity contribution is 0.242. The number of aryl methyl sites for hydroxylation is 1. The summed E-state index contributed by atoms with van der Waals surface area (Å²) in [5.74, 6) is 1.11. The van der Waals surface area contributed by atoms with E-state index in [9.17, 15) is 4.79 Å². The summed E-state index contributed by atoms with van der Waals surface area (Å²) in [4.78, 5) is 22.3. The highest BCUT2D eigenvalue weighted by Gasteiger charge is 2.22. The van der Waals surface area contributed by atoms with E-state index in [1.807, 2.05) is 6.07 Å². The fourth-order valence-corrected chi connectivity index (χ4v) is 3.50. The summed E-state index contributed by atoms with van der Waals surface area (Å²) in [6.45, 7) is 4.58. The highest BCUT2D eigenvalue weighted by atomic mass is 16.3. The number of hydrogen-bond donors (Lipinski definition) is 1. The number of rotatable bonds is 5. The molecule has 1 aliphatic heterocycles. The van der Waals surface area contributed by atoms with Crippen LogP contribution < -0.4 is 5.56 Å². The number of fused-ring (bicyclic) bond motifs is 1. The fourth-order valence-electron chi connectivity index (χ4n) is 3.50. The summed E-state index contributed by atoms with van der Waals surface area (Å²) in [5.41, 5.74) is 4.25. The van der Waals surface area contributed by atoms with Gasteiger partial charge in [-0.2, -0.15) is 0 Å². The van der Waals surface area contributed by atoms with E-state index in [1.54, 1.807) is 12.3 Å². The molecule has 2 aromatic heterocycles. The largest absolute Gasteiger partial charge is 0.461 e. The minimum absolute atomic E-state index is 0.0654. The molecule has 0 spiro atoms.